The Kier molecular flexibility index (Phi) is 5.15. The van der Waals surface area contributed by atoms with E-state index >= 15 is 0 Å². The molecule has 86 valence electrons. The maximum atomic E-state index is 5.72. The lowest BCUT2D eigenvalue weighted by Gasteiger charge is -2.11. The van der Waals surface area contributed by atoms with Gasteiger partial charge >= 0.3 is 0 Å². The summed E-state index contributed by atoms with van der Waals surface area (Å²) in [4.78, 5) is 4.08. The van der Waals surface area contributed by atoms with Crippen molar-refractivity contribution in [1.29, 1.82) is 0 Å². The summed E-state index contributed by atoms with van der Waals surface area (Å²) in [6.07, 6.45) is 1.54. The lowest BCUT2D eigenvalue weighted by molar-refractivity contribution is 1.41. The highest BCUT2D eigenvalue weighted by molar-refractivity contribution is 6.34. The van der Waals surface area contributed by atoms with Crippen LogP contribution in [0.25, 0.3) is 5.32 Å². The number of allylic oxidation sites excluding steroid dienone is 1. The zero-order valence-electron chi connectivity index (χ0n) is 8.82. The predicted octanol–water partition coefficient (Wildman–Crippen LogP) is 3.63. The Labute approximate surface area is 105 Å². The maximum absolute atomic E-state index is 5.72. The van der Waals surface area contributed by atoms with Crippen molar-refractivity contribution in [3.05, 3.63) is 46.4 Å². The second kappa shape index (κ2) is 6.40. The van der Waals surface area contributed by atoms with Gasteiger partial charge in [0, 0.05) is 11.8 Å². The minimum atomic E-state index is 0.107. The van der Waals surface area contributed by atoms with Crippen molar-refractivity contribution < 1.29 is 0 Å². The van der Waals surface area contributed by atoms with Crippen molar-refractivity contribution in [2.45, 2.75) is 6.92 Å². The molecule has 16 heavy (non-hydrogen) atoms. The first-order valence-corrected chi connectivity index (χ1v) is 5.57. The summed E-state index contributed by atoms with van der Waals surface area (Å²) < 4.78 is 0. The Morgan fingerprint density at radius 1 is 1.44 bits per heavy atom. The number of hydrogen-bond donors (Lipinski definition) is 1. The number of hydrogen-bond acceptors (Lipinski definition) is 1. The number of benzene rings is 1. The van der Waals surface area contributed by atoms with Crippen molar-refractivity contribution in [1.82, 2.24) is 0 Å². The van der Waals surface area contributed by atoms with Crippen molar-refractivity contribution in [2.75, 3.05) is 5.88 Å². The standard InChI is InChI=1S/C11H12Cl2N3/c1-8-2-4-9(5-3-8)15-11(14)16-10(13)6-7-12/h2-6H,7H2,1H3,(H2-,14,15,16)/q-1. The molecular weight excluding hydrogens is 245 g/mol. The summed E-state index contributed by atoms with van der Waals surface area (Å²) in [5, 5.41) is 4.09. The lowest BCUT2D eigenvalue weighted by Crippen LogP contribution is -2.08. The first-order chi connectivity index (χ1) is 7.61. The number of guanidine groups is 1. The predicted molar refractivity (Wildman–Crippen MR) is 70.5 cm³/mol. The first-order valence-electron chi connectivity index (χ1n) is 4.66. The monoisotopic (exact) mass is 256 g/mol. The van der Waals surface area contributed by atoms with Crippen LogP contribution in [-0.2, 0) is 0 Å². The Morgan fingerprint density at radius 3 is 2.62 bits per heavy atom. The molecule has 2 N–H and O–H groups in total. The van der Waals surface area contributed by atoms with E-state index in [0.29, 0.717) is 5.88 Å². The van der Waals surface area contributed by atoms with Gasteiger partial charge in [0.25, 0.3) is 0 Å². The number of halogens is 2. The van der Waals surface area contributed by atoms with Gasteiger partial charge in [-0.25, -0.2) is 0 Å². The number of rotatable bonds is 3. The zero-order valence-corrected chi connectivity index (χ0v) is 10.3. The number of aryl methyl sites for hydroxylation is 1. The van der Waals surface area contributed by atoms with Gasteiger partial charge in [-0.2, -0.15) is 0 Å². The van der Waals surface area contributed by atoms with E-state index in [1.165, 1.54) is 0 Å². The average molecular weight is 257 g/mol. The highest BCUT2D eigenvalue weighted by Gasteiger charge is 1.88. The second-order valence-electron chi connectivity index (χ2n) is 3.10. The summed E-state index contributed by atoms with van der Waals surface area (Å²) in [7, 11) is 0. The molecule has 0 fully saturated rings. The van der Waals surface area contributed by atoms with Gasteiger partial charge in [0.15, 0.2) is 0 Å². The number of alkyl halides is 1. The third kappa shape index (κ3) is 4.55. The molecule has 0 unspecified atom stereocenters. The number of nitrogens with two attached hydrogens (primary N) is 1. The summed E-state index contributed by atoms with van der Waals surface area (Å²) in [5.41, 5.74) is 7.49. The fourth-order valence-corrected chi connectivity index (χ4v) is 1.38. The Balaban J connectivity index is 2.69. The van der Waals surface area contributed by atoms with Gasteiger partial charge in [0.05, 0.1) is 5.16 Å². The van der Waals surface area contributed by atoms with E-state index in [2.05, 4.69) is 10.3 Å². The van der Waals surface area contributed by atoms with Gasteiger partial charge in [0.2, 0.25) is 0 Å². The van der Waals surface area contributed by atoms with E-state index in [1.807, 2.05) is 31.2 Å². The van der Waals surface area contributed by atoms with E-state index in [-0.39, 0.29) is 11.1 Å². The molecule has 0 heterocycles. The molecule has 0 aliphatic rings. The lowest BCUT2D eigenvalue weighted by atomic mass is 10.2. The maximum Gasteiger partial charge on any atom is 0.0573 e. The normalized spacial score (nSPS) is 12.7. The summed E-state index contributed by atoms with van der Waals surface area (Å²) in [5.74, 6) is 0.398. The van der Waals surface area contributed by atoms with Crippen LogP contribution in [-0.4, -0.2) is 11.8 Å². The fraction of sp³-hybridized carbons (Fsp3) is 0.182. The van der Waals surface area contributed by atoms with E-state index in [1.54, 1.807) is 6.08 Å². The topological polar surface area (TPSA) is 52.5 Å². The molecule has 3 nitrogen and oxygen atoms in total. The minimum Gasteiger partial charge on any atom is -0.453 e. The van der Waals surface area contributed by atoms with E-state index in [9.17, 15) is 0 Å². The van der Waals surface area contributed by atoms with Gasteiger partial charge in [-0.1, -0.05) is 41.4 Å². The Hall–Kier alpha value is -1.19. The molecule has 1 rings (SSSR count). The van der Waals surface area contributed by atoms with Gasteiger partial charge in [-0.05, 0) is 18.7 Å². The van der Waals surface area contributed by atoms with Crippen molar-refractivity contribution in [2.24, 2.45) is 10.7 Å². The molecular formula is C11H12Cl2N3-. The third-order valence-electron chi connectivity index (χ3n) is 1.74. The molecule has 1 aromatic rings. The van der Waals surface area contributed by atoms with E-state index in [4.69, 9.17) is 28.9 Å². The molecule has 0 saturated carbocycles. The van der Waals surface area contributed by atoms with Crippen LogP contribution in [0.4, 0.5) is 5.69 Å². The van der Waals surface area contributed by atoms with Crippen LogP contribution in [0.1, 0.15) is 5.56 Å². The Morgan fingerprint density at radius 2 is 2.06 bits per heavy atom. The highest BCUT2D eigenvalue weighted by atomic mass is 35.5. The van der Waals surface area contributed by atoms with Crippen molar-refractivity contribution in [3.63, 3.8) is 0 Å². The molecule has 0 amide bonds. The fourth-order valence-electron chi connectivity index (χ4n) is 0.995. The Bertz CT molecular complexity index is 396. The van der Waals surface area contributed by atoms with Crippen molar-refractivity contribution in [3.8, 4) is 0 Å². The molecule has 5 heteroatoms. The smallest absolute Gasteiger partial charge is 0.0573 e. The highest BCUT2D eigenvalue weighted by Crippen LogP contribution is 2.16. The molecule has 1 aromatic carbocycles. The quantitative estimate of drug-likeness (QED) is 0.382. The van der Waals surface area contributed by atoms with E-state index < -0.39 is 0 Å². The molecule has 0 atom stereocenters. The average Bonchev–Trinajstić information content (AvgIpc) is 2.21. The van der Waals surface area contributed by atoms with Crippen molar-refractivity contribution >= 4 is 34.8 Å². The molecule has 0 bridgehead atoms. The van der Waals surface area contributed by atoms with Crippen LogP contribution < -0.4 is 5.73 Å². The zero-order chi connectivity index (χ0) is 12.0. The molecule has 0 aliphatic carbocycles. The molecule has 0 saturated heterocycles. The number of aliphatic imine (C=N–C) groups is 1. The largest absolute Gasteiger partial charge is 0.453 e. The molecule has 0 spiro atoms. The summed E-state index contributed by atoms with van der Waals surface area (Å²) in [6.45, 7) is 2.00. The van der Waals surface area contributed by atoms with Crippen LogP contribution >= 0.6 is 23.2 Å². The van der Waals surface area contributed by atoms with E-state index in [0.717, 1.165) is 11.3 Å². The second-order valence-corrected chi connectivity index (χ2v) is 3.79. The summed E-state index contributed by atoms with van der Waals surface area (Å²) in [6, 6.07) is 7.61. The molecule has 0 aliphatic heterocycles. The minimum absolute atomic E-state index is 0.107. The van der Waals surface area contributed by atoms with Crippen LogP contribution in [0.2, 0.25) is 0 Å². The summed E-state index contributed by atoms with van der Waals surface area (Å²) >= 11 is 11.2. The SMILES string of the molecule is Cc1ccc(N=C(N)[N-]C(Cl)=CCCl)cc1. The van der Waals surface area contributed by atoms with Gasteiger partial charge < -0.3 is 16.0 Å². The van der Waals surface area contributed by atoms with Gasteiger partial charge in [-0.15, -0.1) is 11.6 Å². The van der Waals surface area contributed by atoms with Crippen LogP contribution in [0.5, 0.6) is 0 Å². The number of nitrogens with zero attached hydrogens (tertiary/aromatic N) is 2. The van der Waals surface area contributed by atoms with Crippen LogP contribution in [0.3, 0.4) is 0 Å². The molecule has 0 aromatic heterocycles. The van der Waals surface area contributed by atoms with Gasteiger partial charge in [0.1, 0.15) is 0 Å². The third-order valence-corrected chi connectivity index (χ3v) is 2.14. The van der Waals surface area contributed by atoms with Crippen LogP contribution in [0, 0.1) is 6.92 Å². The molecule has 0 radical (unpaired) electrons. The van der Waals surface area contributed by atoms with Crippen LogP contribution in [0.15, 0.2) is 40.5 Å². The van der Waals surface area contributed by atoms with Gasteiger partial charge in [-0.3, -0.25) is 0 Å². The first kappa shape index (κ1) is 12.9.